The van der Waals surface area contributed by atoms with Gasteiger partial charge in [-0.3, -0.25) is 0 Å². The third kappa shape index (κ3) is 17.8. The second kappa shape index (κ2) is 12.8. The lowest BCUT2D eigenvalue weighted by atomic mass is 10.2. The zero-order chi connectivity index (χ0) is 14.4. The lowest BCUT2D eigenvalue weighted by Crippen LogP contribution is -2.16. The molecule has 0 aromatic heterocycles. The Morgan fingerprint density at radius 1 is 0.789 bits per heavy atom. The summed E-state index contributed by atoms with van der Waals surface area (Å²) in [4.78, 5) is 0. The van der Waals surface area contributed by atoms with Crippen LogP contribution in [0.2, 0.25) is 0 Å². The SMILES string of the molecule is COCCCOCCOCCCCCCS(N)(=O)=O. The maximum Gasteiger partial charge on any atom is 0.209 e. The summed E-state index contributed by atoms with van der Waals surface area (Å²) < 4.78 is 36.9. The van der Waals surface area contributed by atoms with Crippen LogP contribution in [-0.4, -0.2) is 54.3 Å². The predicted molar refractivity (Wildman–Crippen MR) is 74.6 cm³/mol. The summed E-state index contributed by atoms with van der Waals surface area (Å²) in [5, 5.41) is 4.90. The molecule has 0 aromatic carbocycles. The van der Waals surface area contributed by atoms with E-state index >= 15 is 0 Å². The third-order valence-corrected chi connectivity index (χ3v) is 3.33. The molecule has 0 bridgehead atoms. The van der Waals surface area contributed by atoms with Crippen LogP contribution in [0.4, 0.5) is 0 Å². The van der Waals surface area contributed by atoms with Crippen LogP contribution in [0.5, 0.6) is 0 Å². The number of sulfonamides is 1. The zero-order valence-corrected chi connectivity index (χ0v) is 12.6. The van der Waals surface area contributed by atoms with Crippen LogP contribution in [0.3, 0.4) is 0 Å². The van der Waals surface area contributed by atoms with Crippen molar-refractivity contribution in [3.63, 3.8) is 0 Å². The van der Waals surface area contributed by atoms with Crippen LogP contribution in [0.15, 0.2) is 0 Å². The maximum absolute atomic E-state index is 10.7. The first-order chi connectivity index (χ1) is 9.06. The standard InChI is InChI=1S/C12H27NO5S/c1-16-7-6-9-18-11-10-17-8-4-2-3-5-12-19(13,14)15/h2-12H2,1H3,(H2,13,14,15). The van der Waals surface area contributed by atoms with Crippen molar-refractivity contribution in [1.29, 1.82) is 0 Å². The Balaban J connectivity index is 3.03. The number of rotatable bonds is 14. The van der Waals surface area contributed by atoms with Gasteiger partial charge in [-0.2, -0.15) is 0 Å². The smallest absolute Gasteiger partial charge is 0.209 e. The molecule has 19 heavy (non-hydrogen) atoms. The Bertz CT molecular complexity index is 282. The van der Waals surface area contributed by atoms with Gasteiger partial charge in [0.1, 0.15) is 0 Å². The molecule has 116 valence electrons. The van der Waals surface area contributed by atoms with E-state index in [1.54, 1.807) is 7.11 Å². The molecule has 0 saturated heterocycles. The highest BCUT2D eigenvalue weighted by Gasteiger charge is 2.01. The van der Waals surface area contributed by atoms with Gasteiger partial charge in [-0.15, -0.1) is 0 Å². The second-order valence-electron chi connectivity index (χ2n) is 4.35. The Morgan fingerprint density at radius 2 is 1.37 bits per heavy atom. The second-order valence-corrected chi connectivity index (χ2v) is 6.09. The molecule has 0 aliphatic rings. The highest BCUT2D eigenvalue weighted by molar-refractivity contribution is 7.89. The van der Waals surface area contributed by atoms with Gasteiger partial charge in [0.05, 0.1) is 19.0 Å². The number of unbranched alkanes of at least 4 members (excludes halogenated alkanes) is 3. The topological polar surface area (TPSA) is 87.8 Å². The van der Waals surface area contributed by atoms with Gasteiger partial charge in [0.2, 0.25) is 10.0 Å². The molecule has 2 N–H and O–H groups in total. The van der Waals surface area contributed by atoms with Crippen molar-refractivity contribution in [2.75, 3.05) is 45.9 Å². The Labute approximate surface area is 116 Å². The quantitative estimate of drug-likeness (QED) is 0.481. The summed E-state index contributed by atoms with van der Waals surface area (Å²) in [5.41, 5.74) is 0. The molecule has 7 heteroatoms. The molecule has 0 spiro atoms. The van der Waals surface area contributed by atoms with Crippen molar-refractivity contribution < 1.29 is 22.6 Å². The van der Waals surface area contributed by atoms with Gasteiger partial charge in [0.25, 0.3) is 0 Å². The van der Waals surface area contributed by atoms with Gasteiger partial charge in [-0.25, -0.2) is 13.6 Å². The lowest BCUT2D eigenvalue weighted by Gasteiger charge is -2.05. The summed E-state index contributed by atoms with van der Waals surface area (Å²) in [6.07, 6.45) is 4.30. The molecule has 0 aliphatic heterocycles. The van der Waals surface area contributed by atoms with E-state index in [9.17, 15) is 8.42 Å². The van der Waals surface area contributed by atoms with E-state index in [2.05, 4.69) is 0 Å². The number of hydrogen-bond donors (Lipinski definition) is 1. The molecule has 0 radical (unpaired) electrons. The minimum atomic E-state index is -3.30. The molecule has 0 fully saturated rings. The zero-order valence-electron chi connectivity index (χ0n) is 11.8. The Kier molecular flexibility index (Phi) is 12.7. The van der Waals surface area contributed by atoms with E-state index in [-0.39, 0.29) is 5.75 Å². The van der Waals surface area contributed by atoms with Crippen molar-refractivity contribution in [3.05, 3.63) is 0 Å². The van der Waals surface area contributed by atoms with Crippen molar-refractivity contribution in [3.8, 4) is 0 Å². The number of ether oxygens (including phenoxy) is 3. The van der Waals surface area contributed by atoms with E-state index in [1.807, 2.05) is 0 Å². The molecule has 0 atom stereocenters. The van der Waals surface area contributed by atoms with Crippen LogP contribution in [0.25, 0.3) is 0 Å². The number of nitrogens with two attached hydrogens (primary N) is 1. The van der Waals surface area contributed by atoms with Gasteiger partial charge in [0.15, 0.2) is 0 Å². The summed E-state index contributed by atoms with van der Waals surface area (Å²) >= 11 is 0. The number of methoxy groups -OCH3 is 1. The van der Waals surface area contributed by atoms with E-state index in [4.69, 9.17) is 19.3 Å². The fraction of sp³-hybridized carbons (Fsp3) is 1.00. The van der Waals surface area contributed by atoms with Crippen LogP contribution in [0.1, 0.15) is 32.1 Å². The van der Waals surface area contributed by atoms with Crippen molar-refractivity contribution in [2.24, 2.45) is 5.14 Å². The summed E-state index contributed by atoms with van der Waals surface area (Å²) in [5.74, 6) is 0.0726. The molecule has 0 saturated carbocycles. The van der Waals surface area contributed by atoms with Crippen molar-refractivity contribution in [2.45, 2.75) is 32.1 Å². The largest absolute Gasteiger partial charge is 0.385 e. The molecular formula is C12H27NO5S. The van der Waals surface area contributed by atoms with Crippen LogP contribution in [0, 0.1) is 0 Å². The van der Waals surface area contributed by atoms with Crippen LogP contribution in [-0.2, 0) is 24.2 Å². The van der Waals surface area contributed by atoms with Gasteiger partial charge < -0.3 is 14.2 Å². The fourth-order valence-corrected chi connectivity index (χ4v) is 2.09. The van der Waals surface area contributed by atoms with Gasteiger partial charge in [-0.1, -0.05) is 12.8 Å². The molecule has 0 rings (SSSR count). The number of hydrogen-bond acceptors (Lipinski definition) is 5. The molecule has 0 aliphatic carbocycles. The molecule has 0 unspecified atom stereocenters. The van der Waals surface area contributed by atoms with Gasteiger partial charge in [0, 0.05) is 26.9 Å². The fourth-order valence-electron chi connectivity index (χ4n) is 1.49. The Hall–Kier alpha value is -0.210. The van der Waals surface area contributed by atoms with Gasteiger partial charge >= 0.3 is 0 Å². The molecular weight excluding hydrogens is 270 g/mol. The van der Waals surface area contributed by atoms with Crippen molar-refractivity contribution >= 4 is 10.0 Å². The molecule has 0 amide bonds. The monoisotopic (exact) mass is 297 g/mol. The highest BCUT2D eigenvalue weighted by Crippen LogP contribution is 2.01. The van der Waals surface area contributed by atoms with Gasteiger partial charge in [-0.05, 0) is 19.3 Å². The number of primary sulfonamides is 1. The molecule has 0 aromatic rings. The highest BCUT2D eigenvalue weighted by atomic mass is 32.2. The van der Waals surface area contributed by atoms with E-state index in [0.29, 0.717) is 32.8 Å². The predicted octanol–water partition coefficient (Wildman–Crippen LogP) is 0.905. The lowest BCUT2D eigenvalue weighted by molar-refractivity contribution is 0.0387. The first-order valence-electron chi connectivity index (χ1n) is 6.71. The average molecular weight is 297 g/mol. The van der Waals surface area contributed by atoms with E-state index in [1.165, 1.54) is 0 Å². The molecule has 6 nitrogen and oxygen atoms in total. The Morgan fingerprint density at radius 3 is 1.95 bits per heavy atom. The summed E-state index contributed by atoms with van der Waals surface area (Å²) in [6, 6.07) is 0. The molecule has 0 heterocycles. The van der Waals surface area contributed by atoms with Crippen molar-refractivity contribution in [1.82, 2.24) is 0 Å². The minimum Gasteiger partial charge on any atom is -0.385 e. The third-order valence-electron chi connectivity index (χ3n) is 2.48. The summed E-state index contributed by atoms with van der Waals surface area (Å²) in [6.45, 7) is 3.32. The normalized spacial score (nSPS) is 11.9. The van der Waals surface area contributed by atoms with E-state index < -0.39 is 10.0 Å². The average Bonchev–Trinajstić information content (AvgIpc) is 2.34. The minimum absolute atomic E-state index is 0.0726. The van der Waals surface area contributed by atoms with E-state index in [0.717, 1.165) is 32.3 Å². The van der Waals surface area contributed by atoms with Crippen LogP contribution >= 0.6 is 0 Å². The first kappa shape index (κ1) is 18.8. The summed E-state index contributed by atoms with van der Waals surface area (Å²) in [7, 11) is -1.62. The maximum atomic E-state index is 10.7. The van der Waals surface area contributed by atoms with Crippen LogP contribution < -0.4 is 5.14 Å². The first-order valence-corrected chi connectivity index (χ1v) is 8.42.